The maximum atomic E-state index is 12.7. The van der Waals surface area contributed by atoms with Crippen LogP contribution in [0.5, 0.6) is 0 Å². The van der Waals surface area contributed by atoms with Gasteiger partial charge >= 0.3 is 18.0 Å². The number of hydrogen-bond acceptors (Lipinski definition) is 7. The number of para-hydroxylation sites is 1. The molecule has 1 aromatic carbocycles. The molecule has 10 nitrogen and oxygen atoms in total. The molecule has 0 aliphatic carbocycles. The zero-order valence-electron chi connectivity index (χ0n) is 17.4. The molecule has 30 heavy (non-hydrogen) atoms. The summed E-state index contributed by atoms with van der Waals surface area (Å²) in [4.78, 5) is 50.3. The van der Waals surface area contributed by atoms with Crippen molar-refractivity contribution in [1.82, 2.24) is 15.6 Å². The predicted octanol–water partition coefficient (Wildman–Crippen LogP) is 1.43. The molecule has 1 aromatic rings. The second-order valence-corrected chi connectivity index (χ2v) is 6.65. The van der Waals surface area contributed by atoms with E-state index in [1.54, 1.807) is 38.1 Å². The normalized spacial score (nSPS) is 16.4. The monoisotopic (exact) mass is 420 g/mol. The molecule has 1 aliphatic rings. The van der Waals surface area contributed by atoms with Crippen LogP contribution in [0.4, 0.5) is 10.5 Å². The Morgan fingerprint density at radius 3 is 2.53 bits per heavy atom. The largest absolute Gasteiger partial charge is 0.464 e. The Kier molecular flexibility index (Phi) is 8.45. The van der Waals surface area contributed by atoms with Crippen molar-refractivity contribution in [3.63, 3.8) is 0 Å². The molecule has 1 aliphatic heterocycles. The van der Waals surface area contributed by atoms with Gasteiger partial charge in [0.1, 0.15) is 12.1 Å². The lowest BCUT2D eigenvalue weighted by Crippen LogP contribution is -2.53. The van der Waals surface area contributed by atoms with Crippen LogP contribution < -0.4 is 16.2 Å². The highest BCUT2D eigenvalue weighted by molar-refractivity contribution is 5.96. The second-order valence-electron chi connectivity index (χ2n) is 6.65. The smallest absolute Gasteiger partial charge is 0.340 e. The van der Waals surface area contributed by atoms with Crippen molar-refractivity contribution in [3.8, 4) is 0 Å². The number of benzene rings is 1. The number of esters is 2. The fourth-order valence-electron chi connectivity index (χ4n) is 3.07. The molecule has 0 bridgehead atoms. The van der Waals surface area contributed by atoms with Crippen molar-refractivity contribution in [2.24, 2.45) is 0 Å². The summed E-state index contributed by atoms with van der Waals surface area (Å²) in [5.41, 5.74) is 5.95. The van der Waals surface area contributed by atoms with E-state index in [4.69, 9.17) is 9.47 Å². The van der Waals surface area contributed by atoms with Crippen LogP contribution in [-0.2, 0) is 19.1 Å². The summed E-state index contributed by atoms with van der Waals surface area (Å²) in [5.74, 6) is -1.47. The van der Waals surface area contributed by atoms with E-state index < -0.39 is 36.0 Å². The lowest BCUT2D eigenvalue weighted by Gasteiger charge is -2.26. The summed E-state index contributed by atoms with van der Waals surface area (Å²) in [7, 11) is 0. The molecule has 0 spiro atoms. The molecule has 3 amide bonds. The van der Waals surface area contributed by atoms with E-state index in [9.17, 15) is 19.2 Å². The first-order chi connectivity index (χ1) is 14.4. The van der Waals surface area contributed by atoms with Crippen molar-refractivity contribution in [3.05, 3.63) is 29.8 Å². The Morgan fingerprint density at radius 2 is 1.83 bits per heavy atom. The van der Waals surface area contributed by atoms with Crippen molar-refractivity contribution >= 4 is 29.6 Å². The molecule has 2 rings (SSSR count). The highest BCUT2D eigenvalue weighted by Crippen LogP contribution is 2.19. The fraction of sp³-hybridized carbons (Fsp3) is 0.500. The average Bonchev–Trinajstić information content (AvgIpc) is 3.22. The molecule has 1 heterocycles. The van der Waals surface area contributed by atoms with Crippen LogP contribution in [0, 0.1) is 0 Å². The molecule has 2 atom stereocenters. The third-order valence-corrected chi connectivity index (χ3v) is 4.54. The summed E-state index contributed by atoms with van der Waals surface area (Å²) >= 11 is 0. The highest BCUT2D eigenvalue weighted by Gasteiger charge is 2.35. The highest BCUT2D eigenvalue weighted by atomic mass is 16.5. The van der Waals surface area contributed by atoms with Crippen LogP contribution in [0.25, 0.3) is 0 Å². The Hall–Kier alpha value is -3.30. The van der Waals surface area contributed by atoms with Gasteiger partial charge in [0.25, 0.3) is 5.91 Å². The Morgan fingerprint density at radius 1 is 1.13 bits per heavy atom. The van der Waals surface area contributed by atoms with Crippen LogP contribution in [-0.4, -0.2) is 60.6 Å². The zero-order valence-corrected chi connectivity index (χ0v) is 17.4. The average molecular weight is 420 g/mol. The number of nitrogens with one attached hydrogen (secondary N) is 3. The van der Waals surface area contributed by atoms with Crippen LogP contribution in [0.3, 0.4) is 0 Å². The topological polar surface area (TPSA) is 126 Å². The van der Waals surface area contributed by atoms with Crippen LogP contribution in [0.1, 0.15) is 44.0 Å². The van der Waals surface area contributed by atoms with E-state index in [0.717, 1.165) is 0 Å². The lowest BCUT2D eigenvalue weighted by atomic mass is 10.2. The summed E-state index contributed by atoms with van der Waals surface area (Å²) in [5, 5.41) is 2.55. The van der Waals surface area contributed by atoms with Gasteiger partial charge in [-0.1, -0.05) is 12.1 Å². The quantitative estimate of drug-likeness (QED) is 0.429. The van der Waals surface area contributed by atoms with Crippen molar-refractivity contribution in [2.45, 2.75) is 45.7 Å². The van der Waals surface area contributed by atoms with E-state index in [2.05, 4.69) is 16.2 Å². The van der Waals surface area contributed by atoms with E-state index in [1.807, 2.05) is 0 Å². The number of rotatable bonds is 8. The number of ether oxygens (including phenoxy) is 2. The number of anilines is 1. The molecular formula is C20H28N4O6. The van der Waals surface area contributed by atoms with Crippen molar-refractivity contribution in [1.29, 1.82) is 0 Å². The molecule has 3 N–H and O–H groups in total. The minimum Gasteiger partial charge on any atom is -0.464 e. The van der Waals surface area contributed by atoms with Crippen molar-refractivity contribution < 1.29 is 28.7 Å². The van der Waals surface area contributed by atoms with E-state index in [0.29, 0.717) is 25.1 Å². The number of likely N-dealkylation sites (tertiary alicyclic amines) is 1. The van der Waals surface area contributed by atoms with Crippen LogP contribution in [0.15, 0.2) is 24.3 Å². The number of hydrazine groups is 1. The van der Waals surface area contributed by atoms with E-state index in [1.165, 1.54) is 11.8 Å². The lowest BCUT2D eigenvalue weighted by molar-refractivity contribution is -0.144. The van der Waals surface area contributed by atoms with Gasteiger partial charge in [0.2, 0.25) is 0 Å². The van der Waals surface area contributed by atoms with E-state index >= 15 is 0 Å². The molecule has 164 valence electrons. The van der Waals surface area contributed by atoms with Crippen LogP contribution in [0.2, 0.25) is 0 Å². The van der Waals surface area contributed by atoms with Gasteiger partial charge < -0.3 is 19.7 Å². The first-order valence-corrected chi connectivity index (χ1v) is 9.94. The summed E-state index contributed by atoms with van der Waals surface area (Å²) in [6.07, 6.45) is 1.13. The standard InChI is InChI=1S/C20H28N4O6/c1-4-29-18(26)13(3)21-20(28)24-12-8-11-16(24)17(25)23-22-15-10-7-6-9-14(15)19(27)30-5-2/h6-7,9-10,13,16,22H,4-5,8,11-12H2,1-3H3,(H,21,28)(H,23,25)/t13?,16-/m0/s1. The Bertz CT molecular complexity index is 784. The molecule has 0 aromatic heterocycles. The molecular weight excluding hydrogens is 392 g/mol. The van der Waals surface area contributed by atoms with Gasteiger partial charge in [0, 0.05) is 6.54 Å². The number of carbonyl (C=O) groups is 4. The fourth-order valence-corrected chi connectivity index (χ4v) is 3.07. The first-order valence-electron chi connectivity index (χ1n) is 9.94. The third kappa shape index (κ3) is 5.85. The maximum Gasteiger partial charge on any atom is 0.340 e. The molecule has 1 saturated heterocycles. The van der Waals surface area contributed by atoms with Crippen molar-refractivity contribution in [2.75, 3.05) is 25.2 Å². The minimum absolute atomic E-state index is 0.215. The van der Waals surface area contributed by atoms with Gasteiger partial charge in [0.15, 0.2) is 0 Å². The minimum atomic E-state index is -0.823. The number of carbonyl (C=O) groups excluding carboxylic acids is 4. The summed E-state index contributed by atoms with van der Waals surface area (Å²) in [6, 6.07) is 4.57. The molecule has 10 heteroatoms. The van der Waals surface area contributed by atoms with E-state index in [-0.39, 0.29) is 18.8 Å². The number of urea groups is 1. The SMILES string of the molecule is CCOC(=O)c1ccccc1NNC(=O)[C@@H]1CCCN1C(=O)NC(C)C(=O)OCC. The van der Waals surface area contributed by atoms with Gasteiger partial charge in [-0.2, -0.15) is 0 Å². The summed E-state index contributed by atoms with van der Waals surface area (Å²) < 4.78 is 9.88. The first kappa shape index (κ1) is 23.0. The van der Waals surface area contributed by atoms with Gasteiger partial charge in [0.05, 0.1) is 24.5 Å². The van der Waals surface area contributed by atoms with Gasteiger partial charge in [-0.05, 0) is 45.7 Å². The molecule has 0 radical (unpaired) electrons. The summed E-state index contributed by atoms with van der Waals surface area (Å²) in [6.45, 7) is 5.75. The maximum absolute atomic E-state index is 12.7. The molecule has 1 fully saturated rings. The van der Waals surface area contributed by atoms with Gasteiger partial charge in [-0.15, -0.1) is 0 Å². The van der Waals surface area contributed by atoms with Gasteiger partial charge in [-0.3, -0.25) is 15.6 Å². The predicted molar refractivity (Wildman–Crippen MR) is 109 cm³/mol. The Labute approximate surface area is 175 Å². The van der Waals surface area contributed by atoms with Crippen LogP contribution >= 0.6 is 0 Å². The second kappa shape index (κ2) is 11.0. The number of nitrogens with zero attached hydrogens (tertiary/aromatic N) is 1. The zero-order chi connectivity index (χ0) is 22.1. The molecule has 0 saturated carbocycles. The molecule has 1 unspecified atom stereocenters. The number of hydrogen-bond donors (Lipinski definition) is 3. The Balaban J connectivity index is 1.98. The van der Waals surface area contributed by atoms with Gasteiger partial charge in [-0.25, -0.2) is 14.4 Å². The third-order valence-electron chi connectivity index (χ3n) is 4.54. The number of amides is 3.